The van der Waals surface area contributed by atoms with Crippen LogP contribution in [0, 0.1) is 0 Å². The van der Waals surface area contributed by atoms with Crippen molar-refractivity contribution in [2.24, 2.45) is 0 Å². The number of halogens is 1. The molecule has 4 rings (SSSR count). The summed E-state index contributed by atoms with van der Waals surface area (Å²) in [6, 6.07) is 9.99. The molecule has 0 radical (unpaired) electrons. The number of ether oxygens (including phenoxy) is 1. The van der Waals surface area contributed by atoms with Crippen molar-refractivity contribution in [2.75, 3.05) is 11.4 Å². The van der Waals surface area contributed by atoms with E-state index < -0.39 is 14.7 Å². The van der Waals surface area contributed by atoms with E-state index in [-0.39, 0.29) is 16.9 Å². The molecule has 0 unspecified atom stereocenters. The first-order valence-electron chi connectivity index (χ1n) is 9.91. The van der Waals surface area contributed by atoms with E-state index in [1.165, 1.54) is 12.1 Å². The zero-order valence-corrected chi connectivity index (χ0v) is 19.1. The van der Waals surface area contributed by atoms with Crippen molar-refractivity contribution in [1.29, 1.82) is 0 Å². The molecule has 0 atom stereocenters. The minimum absolute atomic E-state index is 0.0296. The summed E-state index contributed by atoms with van der Waals surface area (Å²) < 4.78 is 28.6. The number of amides is 2. The Morgan fingerprint density at radius 3 is 2.39 bits per heavy atom. The van der Waals surface area contributed by atoms with Crippen LogP contribution in [-0.2, 0) is 33.3 Å². The topological polar surface area (TPSA) is 84.0 Å². The van der Waals surface area contributed by atoms with Crippen LogP contribution >= 0.6 is 10.7 Å². The number of carbonyl (C=O) groups is 2. The summed E-state index contributed by atoms with van der Waals surface area (Å²) in [4.78, 5) is 28.8. The molecular weight excluding hydrogens is 440 g/mol. The number of benzene rings is 2. The van der Waals surface area contributed by atoms with E-state index >= 15 is 0 Å². The molecule has 0 aliphatic carbocycles. The van der Waals surface area contributed by atoms with Crippen molar-refractivity contribution in [3.05, 3.63) is 58.7 Å². The van der Waals surface area contributed by atoms with Crippen LogP contribution in [0.1, 0.15) is 47.8 Å². The average molecular weight is 463 g/mol. The summed E-state index contributed by atoms with van der Waals surface area (Å²) in [5.74, 6) is -0.168. The Hall–Kier alpha value is -2.58. The van der Waals surface area contributed by atoms with Gasteiger partial charge in [0, 0.05) is 41.6 Å². The van der Waals surface area contributed by atoms with E-state index in [0.29, 0.717) is 37.3 Å². The molecule has 9 heteroatoms. The van der Waals surface area contributed by atoms with Crippen LogP contribution in [0.2, 0.25) is 0 Å². The van der Waals surface area contributed by atoms with Gasteiger partial charge in [-0.1, -0.05) is 6.07 Å². The van der Waals surface area contributed by atoms with Crippen LogP contribution in [0.5, 0.6) is 0 Å². The third-order valence-corrected chi connectivity index (χ3v) is 6.65. The molecule has 0 saturated carbocycles. The van der Waals surface area contributed by atoms with Gasteiger partial charge in [0.2, 0.25) is 0 Å². The van der Waals surface area contributed by atoms with Gasteiger partial charge in [-0.3, -0.25) is 9.69 Å². The van der Waals surface area contributed by atoms with Gasteiger partial charge in [0.15, 0.2) is 0 Å². The second kappa shape index (κ2) is 7.53. The lowest BCUT2D eigenvalue weighted by Crippen LogP contribution is -2.33. The van der Waals surface area contributed by atoms with Crippen molar-refractivity contribution >= 4 is 37.4 Å². The van der Waals surface area contributed by atoms with Crippen molar-refractivity contribution in [2.45, 2.75) is 50.8 Å². The predicted molar refractivity (Wildman–Crippen MR) is 117 cm³/mol. The molecule has 0 bridgehead atoms. The number of rotatable bonds is 2. The fourth-order valence-corrected chi connectivity index (χ4v) is 4.68. The maximum atomic E-state index is 13.2. The van der Waals surface area contributed by atoms with Gasteiger partial charge in [-0.05, 0) is 74.2 Å². The maximum absolute atomic E-state index is 13.2. The molecule has 0 saturated heterocycles. The average Bonchev–Trinajstić information content (AvgIpc) is 3.28. The molecule has 2 aromatic rings. The summed E-state index contributed by atoms with van der Waals surface area (Å²) in [6.45, 7) is 6.76. The molecule has 0 fully saturated rings. The Balaban J connectivity index is 1.53. The summed E-state index contributed by atoms with van der Waals surface area (Å²) in [6.07, 6.45) is 0.175. The smallest absolute Gasteiger partial charge is 0.410 e. The summed E-state index contributed by atoms with van der Waals surface area (Å²) in [7, 11) is 1.61. The second-order valence-corrected chi connectivity index (χ2v) is 11.3. The Bertz CT molecular complexity index is 1190. The molecule has 164 valence electrons. The largest absolute Gasteiger partial charge is 0.444 e. The molecule has 2 aliphatic heterocycles. The zero-order valence-electron chi connectivity index (χ0n) is 17.5. The van der Waals surface area contributed by atoms with Crippen molar-refractivity contribution in [3.8, 4) is 0 Å². The number of anilines is 1. The number of hydrogen-bond donors (Lipinski definition) is 0. The highest BCUT2D eigenvalue weighted by molar-refractivity contribution is 8.13. The Labute approximate surface area is 186 Å². The lowest BCUT2D eigenvalue weighted by atomic mass is 10.1. The zero-order chi connectivity index (χ0) is 22.6. The Kier molecular flexibility index (Phi) is 5.26. The van der Waals surface area contributed by atoms with Gasteiger partial charge < -0.3 is 9.64 Å². The minimum atomic E-state index is -3.82. The van der Waals surface area contributed by atoms with Gasteiger partial charge in [-0.25, -0.2) is 13.2 Å². The third-order valence-electron chi connectivity index (χ3n) is 5.30. The normalized spacial score (nSPS) is 15.6. The number of fused-ring (bicyclic) bond motifs is 2. The number of hydrogen-bond acceptors (Lipinski definition) is 5. The molecular formula is C22H23ClN2O5S. The van der Waals surface area contributed by atoms with Gasteiger partial charge in [-0.15, -0.1) is 0 Å². The fourth-order valence-electron chi connectivity index (χ4n) is 3.88. The Morgan fingerprint density at radius 1 is 1.00 bits per heavy atom. The number of nitrogens with zero attached hydrogens (tertiary/aromatic N) is 2. The first-order valence-corrected chi connectivity index (χ1v) is 12.2. The lowest BCUT2D eigenvalue weighted by molar-refractivity contribution is 0.0241. The molecule has 0 N–H and O–H groups in total. The Morgan fingerprint density at radius 2 is 1.71 bits per heavy atom. The van der Waals surface area contributed by atoms with Gasteiger partial charge in [0.25, 0.3) is 15.0 Å². The van der Waals surface area contributed by atoms with Crippen LogP contribution in [-0.4, -0.2) is 37.5 Å². The molecule has 2 amide bonds. The van der Waals surface area contributed by atoms with Gasteiger partial charge in [0.1, 0.15) is 5.60 Å². The van der Waals surface area contributed by atoms with E-state index in [4.69, 9.17) is 15.4 Å². The van der Waals surface area contributed by atoms with Gasteiger partial charge in [0.05, 0.1) is 4.90 Å². The van der Waals surface area contributed by atoms with E-state index in [0.717, 1.165) is 16.7 Å². The fraction of sp³-hybridized carbons (Fsp3) is 0.364. The van der Waals surface area contributed by atoms with E-state index in [1.807, 2.05) is 32.9 Å². The summed E-state index contributed by atoms with van der Waals surface area (Å²) >= 11 is 0. The first-order chi connectivity index (χ1) is 14.4. The molecule has 31 heavy (non-hydrogen) atoms. The molecule has 2 aliphatic rings. The third kappa shape index (κ3) is 4.41. The van der Waals surface area contributed by atoms with Crippen molar-refractivity contribution in [3.63, 3.8) is 0 Å². The molecule has 2 heterocycles. The van der Waals surface area contributed by atoms with Gasteiger partial charge in [-0.2, -0.15) is 0 Å². The molecule has 0 aromatic heterocycles. The van der Waals surface area contributed by atoms with Crippen molar-refractivity contribution < 1.29 is 22.7 Å². The molecule has 0 spiro atoms. The first kappa shape index (κ1) is 21.6. The monoisotopic (exact) mass is 462 g/mol. The van der Waals surface area contributed by atoms with Crippen LogP contribution in [0.4, 0.5) is 10.5 Å². The summed E-state index contributed by atoms with van der Waals surface area (Å²) in [5, 5.41) is 0. The molecule has 7 nitrogen and oxygen atoms in total. The van der Waals surface area contributed by atoms with E-state index in [2.05, 4.69) is 0 Å². The van der Waals surface area contributed by atoms with Crippen LogP contribution in [0.3, 0.4) is 0 Å². The van der Waals surface area contributed by atoms with E-state index in [1.54, 1.807) is 21.9 Å². The van der Waals surface area contributed by atoms with Crippen LogP contribution in [0.15, 0.2) is 41.3 Å². The van der Waals surface area contributed by atoms with Crippen molar-refractivity contribution in [1.82, 2.24) is 4.90 Å². The minimum Gasteiger partial charge on any atom is -0.444 e. The van der Waals surface area contributed by atoms with Crippen LogP contribution < -0.4 is 4.90 Å². The second-order valence-electron chi connectivity index (χ2n) is 8.76. The summed E-state index contributed by atoms with van der Waals surface area (Å²) in [5.41, 5.74) is 3.31. The number of carbonyl (C=O) groups excluding carboxylic acids is 2. The maximum Gasteiger partial charge on any atom is 0.410 e. The van der Waals surface area contributed by atoms with Gasteiger partial charge >= 0.3 is 6.09 Å². The predicted octanol–water partition coefficient (Wildman–Crippen LogP) is 4.07. The quantitative estimate of drug-likeness (QED) is 0.628. The lowest BCUT2D eigenvalue weighted by Gasteiger charge is -2.24. The molecule has 2 aromatic carbocycles. The highest BCUT2D eigenvalue weighted by Crippen LogP contribution is 2.33. The SMILES string of the molecule is CC(C)(C)OC(=O)N1Cc2ccc(C(=O)N3CCc4cc(S(=O)(=O)Cl)ccc43)cc2C1. The highest BCUT2D eigenvalue weighted by atomic mass is 35.7. The van der Waals surface area contributed by atoms with E-state index in [9.17, 15) is 18.0 Å². The highest BCUT2D eigenvalue weighted by Gasteiger charge is 2.30. The standard InChI is InChI=1S/C22H23ClN2O5S/c1-22(2,3)30-21(27)24-12-16-5-4-15(10-17(16)13-24)20(26)25-9-8-14-11-18(31(23,28)29)6-7-19(14)25/h4-7,10-11H,8-9,12-13H2,1-3H3. The van der Waals surface area contributed by atoms with Crippen LogP contribution in [0.25, 0.3) is 0 Å².